The van der Waals surface area contributed by atoms with Crippen molar-refractivity contribution in [3.8, 4) is 10.6 Å². The highest BCUT2D eigenvalue weighted by Crippen LogP contribution is 2.27. The summed E-state index contributed by atoms with van der Waals surface area (Å²) in [4.78, 5) is 20.3. The van der Waals surface area contributed by atoms with Crippen molar-refractivity contribution in [2.24, 2.45) is 0 Å². The van der Waals surface area contributed by atoms with Gasteiger partial charge in [-0.05, 0) is 39.8 Å². The van der Waals surface area contributed by atoms with Gasteiger partial charge in [0.25, 0.3) is 5.91 Å². The van der Waals surface area contributed by atoms with Gasteiger partial charge < -0.3 is 5.32 Å². The fourth-order valence-corrected chi connectivity index (χ4v) is 4.11. The summed E-state index contributed by atoms with van der Waals surface area (Å²) >= 11 is 1.47. The molecule has 0 radical (unpaired) electrons. The van der Waals surface area contributed by atoms with E-state index < -0.39 is 0 Å². The second-order valence-electron chi connectivity index (χ2n) is 6.46. The molecule has 1 N–H and O–H groups in total. The quantitative estimate of drug-likeness (QED) is 0.900. The molecule has 5 heteroatoms. The predicted octanol–water partition coefficient (Wildman–Crippen LogP) is 3.72. The Kier molecular flexibility index (Phi) is 5.63. The number of aryl methyl sites for hydroxylation is 1. The topological polar surface area (TPSA) is 45.2 Å². The van der Waals surface area contributed by atoms with E-state index in [4.69, 9.17) is 0 Å². The number of likely N-dealkylation sites (tertiary alicyclic amines) is 1. The first-order chi connectivity index (χ1) is 11.6. The van der Waals surface area contributed by atoms with Crippen molar-refractivity contribution >= 4 is 17.2 Å². The minimum atomic E-state index is -0.00367. The van der Waals surface area contributed by atoms with Crippen molar-refractivity contribution in [2.75, 3.05) is 19.6 Å². The number of carbonyl (C=O) groups is 1. The van der Waals surface area contributed by atoms with Crippen LogP contribution in [0, 0.1) is 6.92 Å². The molecule has 1 aromatic heterocycles. The lowest BCUT2D eigenvalue weighted by Crippen LogP contribution is -2.44. The molecule has 128 valence electrons. The maximum atomic E-state index is 12.5. The minimum absolute atomic E-state index is 0.00367. The number of hydrogen-bond donors (Lipinski definition) is 1. The average molecular weight is 343 g/mol. The zero-order valence-electron chi connectivity index (χ0n) is 14.4. The molecule has 1 fully saturated rings. The van der Waals surface area contributed by atoms with E-state index in [2.05, 4.69) is 22.1 Å². The third-order valence-electron chi connectivity index (χ3n) is 4.60. The van der Waals surface area contributed by atoms with E-state index in [1.807, 2.05) is 37.3 Å². The molecule has 0 spiro atoms. The number of aromatic nitrogens is 1. The van der Waals surface area contributed by atoms with E-state index in [1.54, 1.807) is 0 Å². The zero-order valence-corrected chi connectivity index (χ0v) is 15.2. The number of amides is 1. The molecule has 0 aliphatic carbocycles. The summed E-state index contributed by atoms with van der Waals surface area (Å²) < 4.78 is 0. The number of nitrogens with zero attached hydrogens (tertiary/aromatic N) is 2. The third-order valence-corrected chi connectivity index (χ3v) is 5.80. The van der Waals surface area contributed by atoms with E-state index in [0.717, 1.165) is 34.2 Å². The zero-order chi connectivity index (χ0) is 16.9. The first-order valence-corrected chi connectivity index (χ1v) is 9.52. The molecule has 1 aliphatic heterocycles. The number of nitrogens with one attached hydrogen (secondary N) is 1. The molecule has 1 amide bonds. The first kappa shape index (κ1) is 17.1. The van der Waals surface area contributed by atoms with Crippen LogP contribution in [0.3, 0.4) is 0 Å². The number of carbonyl (C=O) groups excluding carboxylic acids is 1. The summed E-state index contributed by atoms with van der Waals surface area (Å²) in [5.41, 5.74) is 1.87. The fraction of sp³-hybridized carbons (Fsp3) is 0.474. The second-order valence-corrected chi connectivity index (χ2v) is 7.45. The van der Waals surface area contributed by atoms with Gasteiger partial charge in [0.1, 0.15) is 9.88 Å². The van der Waals surface area contributed by atoms with Gasteiger partial charge in [-0.25, -0.2) is 4.98 Å². The van der Waals surface area contributed by atoms with Crippen molar-refractivity contribution < 1.29 is 4.79 Å². The Labute approximate surface area is 147 Å². The maximum Gasteiger partial charge on any atom is 0.263 e. The van der Waals surface area contributed by atoms with Crippen LogP contribution >= 0.6 is 11.3 Å². The van der Waals surface area contributed by atoms with E-state index in [-0.39, 0.29) is 5.91 Å². The van der Waals surface area contributed by atoms with Gasteiger partial charge in [0.15, 0.2) is 0 Å². The summed E-state index contributed by atoms with van der Waals surface area (Å²) in [6.45, 7) is 7.09. The van der Waals surface area contributed by atoms with Gasteiger partial charge in [-0.15, -0.1) is 11.3 Å². The van der Waals surface area contributed by atoms with Crippen LogP contribution in [0.2, 0.25) is 0 Å². The van der Waals surface area contributed by atoms with Crippen molar-refractivity contribution in [3.05, 3.63) is 40.9 Å². The Hall–Kier alpha value is -1.72. The highest BCUT2D eigenvalue weighted by molar-refractivity contribution is 7.17. The Morgan fingerprint density at radius 1 is 1.25 bits per heavy atom. The standard InChI is InChI=1S/C19H25N3OS/c1-14(22-11-7-4-8-12-22)13-20-18(23)17-15(2)21-19(24-17)16-9-5-3-6-10-16/h3,5-6,9-10,14H,4,7-8,11-13H2,1-2H3,(H,20,23). The molecule has 4 nitrogen and oxygen atoms in total. The van der Waals surface area contributed by atoms with Crippen molar-refractivity contribution in [1.82, 2.24) is 15.2 Å². The van der Waals surface area contributed by atoms with Gasteiger partial charge in [-0.1, -0.05) is 36.8 Å². The van der Waals surface area contributed by atoms with Crippen LogP contribution in [0.25, 0.3) is 10.6 Å². The second kappa shape index (κ2) is 7.90. The molecule has 2 aromatic rings. The molecule has 1 saturated heterocycles. The first-order valence-electron chi connectivity index (χ1n) is 8.70. The van der Waals surface area contributed by atoms with Crippen LogP contribution in [-0.2, 0) is 0 Å². The van der Waals surface area contributed by atoms with E-state index in [1.165, 1.54) is 30.6 Å². The van der Waals surface area contributed by atoms with Crippen LogP contribution in [0.1, 0.15) is 41.6 Å². The Balaban J connectivity index is 1.62. The largest absolute Gasteiger partial charge is 0.350 e. The molecular formula is C19H25N3OS. The molecule has 0 saturated carbocycles. The number of benzene rings is 1. The third kappa shape index (κ3) is 4.02. The van der Waals surface area contributed by atoms with Crippen LogP contribution in [-0.4, -0.2) is 41.5 Å². The summed E-state index contributed by atoms with van der Waals surface area (Å²) in [7, 11) is 0. The lowest BCUT2D eigenvalue weighted by Gasteiger charge is -2.32. The lowest BCUT2D eigenvalue weighted by molar-refractivity contribution is 0.0933. The normalized spacial score (nSPS) is 16.8. The maximum absolute atomic E-state index is 12.5. The highest BCUT2D eigenvalue weighted by atomic mass is 32.1. The summed E-state index contributed by atoms with van der Waals surface area (Å²) in [6, 6.07) is 10.4. The molecule has 24 heavy (non-hydrogen) atoms. The summed E-state index contributed by atoms with van der Waals surface area (Å²) in [5.74, 6) is -0.00367. The van der Waals surface area contributed by atoms with Gasteiger partial charge in [-0.3, -0.25) is 9.69 Å². The van der Waals surface area contributed by atoms with Crippen LogP contribution in [0.15, 0.2) is 30.3 Å². The molecule has 3 rings (SSSR count). The number of hydrogen-bond acceptors (Lipinski definition) is 4. The monoisotopic (exact) mass is 343 g/mol. The highest BCUT2D eigenvalue weighted by Gasteiger charge is 2.20. The van der Waals surface area contributed by atoms with Gasteiger partial charge in [0, 0.05) is 18.2 Å². The molecule has 0 bridgehead atoms. The SMILES string of the molecule is Cc1nc(-c2ccccc2)sc1C(=O)NCC(C)N1CCCCC1. The molecule has 1 aromatic carbocycles. The van der Waals surface area contributed by atoms with E-state index in [0.29, 0.717) is 12.6 Å². The summed E-state index contributed by atoms with van der Waals surface area (Å²) in [5, 5.41) is 4.00. The molecule has 1 unspecified atom stereocenters. The number of thiazole rings is 1. The Morgan fingerprint density at radius 2 is 1.96 bits per heavy atom. The van der Waals surface area contributed by atoms with Gasteiger partial charge in [-0.2, -0.15) is 0 Å². The van der Waals surface area contributed by atoms with E-state index >= 15 is 0 Å². The fourth-order valence-electron chi connectivity index (χ4n) is 3.12. The van der Waals surface area contributed by atoms with Crippen molar-refractivity contribution in [2.45, 2.75) is 39.2 Å². The lowest BCUT2D eigenvalue weighted by atomic mass is 10.1. The smallest absolute Gasteiger partial charge is 0.263 e. The number of piperidine rings is 1. The van der Waals surface area contributed by atoms with Crippen LogP contribution in [0.4, 0.5) is 0 Å². The number of rotatable bonds is 5. The predicted molar refractivity (Wildman–Crippen MR) is 99.5 cm³/mol. The van der Waals surface area contributed by atoms with Crippen LogP contribution in [0.5, 0.6) is 0 Å². The molecular weight excluding hydrogens is 318 g/mol. The summed E-state index contributed by atoms with van der Waals surface area (Å²) in [6.07, 6.45) is 3.87. The van der Waals surface area contributed by atoms with Crippen LogP contribution < -0.4 is 5.32 Å². The average Bonchev–Trinajstić information content (AvgIpc) is 3.03. The van der Waals surface area contributed by atoms with Gasteiger partial charge >= 0.3 is 0 Å². The molecule has 1 aliphatic rings. The van der Waals surface area contributed by atoms with Crippen molar-refractivity contribution in [1.29, 1.82) is 0 Å². The van der Waals surface area contributed by atoms with Gasteiger partial charge in [0.05, 0.1) is 5.69 Å². The Morgan fingerprint density at radius 3 is 2.67 bits per heavy atom. The van der Waals surface area contributed by atoms with Gasteiger partial charge in [0.2, 0.25) is 0 Å². The van der Waals surface area contributed by atoms with E-state index in [9.17, 15) is 4.79 Å². The molecule has 2 heterocycles. The Bertz CT molecular complexity index is 677. The van der Waals surface area contributed by atoms with Crippen molar-refractivity contribution in [3.63, 3.8) is 0 Å². The molecule has 1 atom stereocenters. The minimum Gasteiger partial charge on any atom is -0.350 e.